The number of carbonyl (C=O) groups excluding carboxylic acids is 1. The second-order valence-electron chi connectivity index (χ2n) is 12.8. The lowest BCUT2D eigenvalue weighted by molar-refractivity contribution is -0.385. The summed E-state index contributed by atoms with van der Waals surface area (Å²) in [5.41, 5.74) is -0.528. The molecule has 13 nitrogen and oxygen atoms in total. The number of benzene rings is 2. The average molecular weight is 648 g/mol. The van der Waals surface area contributed by atoms with Gasteiger partial charge in [-0.15, -0.1) is 0 Å². The van der Waals surface area contributed by atoms with Crippen LogP contribution < -0.4 is 19.5 Å². The van der Waals surface area contributed by atoms with Crippen molar-refractivity contribution in [1.29, 1.82) is 0 Å². The second kappa shape index (κ2) is 18.0. The molecule has 13 heteroatoms. The topological polar surface area (TPSA) is 173 Å². The molecule has 0 spiro atoms. The number of nitro benzene ring substituents is 2. The van der Waals surface area contributed by atoms with Crippen LogP contribution in [0.5, 0.6) is 23.0 Å². The molecule has 4 rings (SSSR count). The summed E-state index contributed by atoms with van der Waals surface area (Å²) in [4.78, 5) is 31.5. The van der Waals surface area contributed by atoms with Crippen LogP contribution in [-0.2, 0) is 4.74 Å². The Hall–Kier alpha value is -4.29. The van der Waals surface area contributed by atoms with E-state index in [1.165, 1.54) is 51.3 Å². The van der Waals surface area contributed by atoms with Crippen molar-refractivity contribution in [2.75, 3.05) is 14.2 Å². The molecule has 0 aliphatic heterocycles. The minimum atomic E-state index is -0.584. The van der Waals surface area contributed by atoms with E-state index < -0.39 is 15.4 Å². The zero-order chi connectivity index (χ0) is 34.4. The number of non-ortho nitro benzene ring substituents is 2. The van der Waals surface area contributed by atoms with Gasteiger partial charge in [0, 0.05) is 18.2 Å². The van der Waals surface area contributed by atoms with Crippen LogP contribution in [0.25, 0.3) is 0 Å². The van der Waals surface area contributed by atoms with Crippen molar-refractivity contribution < 1.29 is 38.7 Å². The van der Waals surface area contributed by atoms with Crippen LogP contribution in [0, 0.1) is 32.1 Å². The number of hydrogen-bond acceptors (Lipinski definition) is 10. The molecular formula is C33H49N3O10. The van der Waals surface area contributed by atoms with Crippen LogP contribution in [0.3, 0.4) is 0 Å². The molecule has 0 atom stereocenters. The van der Waals surface area contributed by atoms with Crippen molar-refractivity contribution in [3.05, 3.63) is 56.6 Å². The highest BCUT2D eigenvalue weighted by Gasteiger charge is 2.24. The largest absolute Gasteiger partial charge is 0.504 e. The molecule has 2 N–H and O–H groups in total. The maximum absolute atomic E-state index is 11.5. The summed E-state index contributed by atoms with van der Waals surface area (Å²) in [6.45, 7) is 10.2. The number of phenolic OH excluding ortho intramolecular Hbond substituents is 1. The van der Waals surface area contributed by atoms with Crippen molar-refractivity contribution in [2.45, 2.75) is 104 Å². The third kappa shape index (κ3) is 13.4. The number of nitrogens with zero attached hydrogens (tertiary/aromatic N) is 2. The molecule has 2 saturated carbocycles. The highest BCUT2D eigenvalue weighted by molar-refractivity contribution is 5.68. The first-order chi connectivity index (χ1) is 21.6. The fourth-order valence-electron chi connectivity index (χ4n) is 5.07. The number of methoxy groups -OCH3 is 2. The lowest BCUT2D eigenvalue weighted by atomic mass is 9.87. The van der Waals surface area contributed by atoms with E-state index in [0.29, 0.717) is 17.5 Å². The van der Waals surface area contributed by atoms with Gasteiger partial charge in [-0.2, -0.15) is 0 Å². The van der Waals surface area contributed by atoms with Crippen molar-refractivity contribution in [3.8, 4) is 23.0 Å². The summed E-state index contributed by atoms with van der Waals surface area (Å²) in [5.74, 6) is 2.56. The Bertz CT molecular complexity index is 1280. The number of amides is 1. The molecule has 2 aliphatic rings. The third-order valence-corrected chi connectivity index (χ3v) is 7.72. The van der Waals surface area contributed by atoms with Crippen LogP contribution in [0.2, 0.25) is 0 Å². The van der Waals surface area contributed by atoms with Gasteiger partial charge >= 0.3 is 6.09 Å². The highest BCUT2D eigenvalue weighted by Crippen LogP contribution is 2.35. The Kier molecular flexibility index (Phi) is 14.8. The first-order valence-electron chi connectivity index (χ1n) is 15.6. The SMILES string of the molecule is CC1CCC(NC(=O)OC(C)(C)C)CC1.COc1ccc([N+](=O)[O-])cc1O.COc1ccc([N+](=O)[O-])cc1OC1CCC(C)CC1. The quantitative estimate of drug-likeness (QED) is 0.222. The van der Waals surface area contributed by atoms with Crippen molar-refractivity contribution >= 4 is 17.5 Å². The first-order valence-corrected chi connectivity index (χ1v) is 15.6. The van der Waals surface area contributed by atoms with Crippen LogP contribution >= 0.6 is 0 Å². The minimum absolute atomic E-state index is 0.0278. The molecule has 0 saturated heterocycles. The van der Waals surface area contributed by atoms with E-state index in [4.69, 9.17) is 24.1 Å². The number of hydrogen-bond donors (Lipinski definition) is 2. The van der Waals surface area contributed by atoms with Gasteiger partial charge < -0.3 is 29.4 Å². The Morgan fingerprint density at radius 2 is 1.26 bits per heavy atom. The van der Waals surface area contributed by atoms with Crippen LogP contribution in [0.4, 0.5) is 16.2 Å². The normalized spacial score (nSPS) is 20.8. The number of nitrogens with one attached hydrogen (secondary N) is 1. The molecule has 2 aromatic rings. The number of alkyl carbamates (subject to hydrolysis) is 1. The number of carbonyl (C=O) groups is 1. The fraction of sp³-hybridized carbons (Fsp3) is 0.606. The number of phenols is 1. The molecule has 0 unspecified atom stereocenters. The first kappa shape index (κ1) is 37.9. The Morgan fingerprint density at radius 1 is 0.783 bits per heavy atom. The molecule has 0 radical (unpaired) electrons. The van der Waals surface area contributed by atoms with E-state index in [-0.39, 0.29) is 35.1 Å². The molecular weight excluding hydrogens is 598 g/mol. The van der Waals surface area contributed by atoms with Crippen molar-refractivity contribution in [1.82, 2.24) is 5.32 Å². The van der Waals surface area contributed by atoms with Crippen molar-refractivity contribution in [2.24, 2.45) is 11.8 Å². The zero-order valence-corrected chi connectivity index (χ0v) is 27.9. The van der Waals surface area contributed by atoms with Gasteiger partial charge in [-0.1, -0.05) is 13.8 Å². The standard InChI is InChI=1S/C14H19NO4.C12H23NO2.C7H7NO4/c1-10-3-6-12(7-4-10)19-14-9-11(15(16)17)5-8-13(14)18-2;1-9-5-7-10(8-6-9)13-11(14)15-12(2,3)4;1-12-7-3-2-5(8(10)11)4-6(7)9/h5,8-10,12H,3-4,6-7H2,1-2H3;9-10H,5-8H2,1-4H3,(H,13,14);2-4,9H,1H3. The van der Waals surface area contributed by atoms with E-state index in [2.05, 4.69) is 19.2 Å². The number of rotatable bonds is 7. The lowest BCUT2D eigenvalue weighted by Gasteiger charge is -2.28. The summed E-state index contributed by atoms with van der Waals surface area (Å²) in [5, 5.41) is 33.0. The zero-order valence-electron chi connectivity index (χ0n) is 27.9. The number of ether oxygens (including phenoxy) is 4. The maximum Gasteiger partial charge on any atom is 0.407 e. The number of nitro groups is 2. The maximum atomic E-state index is 11.5. The van der Waals surface area contributed by atoms with Crippen LogP contribution in [0.1, 0.15) is 86.0 Å². The Morgan fingerprint density at radius 3 is 1.72 bits per heavy atom. The molecule has 46 heavy (non-hydrogen) atoms. The molecule has 256 valence electrons. The van der Waals surface area contributed by atoms with Gasteiger partial charge in [0.15, 0.2) is 23.0 Å². The molecule has 0 aromatic heterocycles. The van der Waals surface area contributed by atoms with Gasteiger partial charge in [-0.05, 0) is 96.1 Å². The summed E-state index contributed by atoms with van der Waals surface area (Å²) >= 11 is 0. The molecule has 2 fully saturated rings. The second-order valence-corrected chi connectivity index (χ2v) is 12.8. The highest BCUT2D eigenvalue weighted by atomic mass is 16.6. The third-order valence-electron chi connectivity index (χ3n) is 7.72. The predicted octanol–water partition coefficient (Wildman–Crippen LogP) is 7.96. The van der Waals surface area contributed by atoms with Gasteiger partial charge in [-0.3, -0.25) is 20.2 Å². The molecule has 1 amide bonds. The van der Waals surface area contributed by atoms with Crippen molar-refractivity contribution in [3.63, 3.8) is 0 Å². The van der Waals surface area contributed by atoms with E-state index in [1.807, 2.05) is 20.8 Å². The lowest BCUT2D eigenvalue weighted by Crippen LogP contribution is -2.40. The van der Waals surface area contributed by atoms with Gasteiger partial charge in [-0.25, -0.2) is 4.79 Å². The van der Waals surface area contributed by atoms with Gasteiger partial charge in [0.2, 0.25) is 0 Å². The van der Waals surface area contributed by atoms with E-state index in [9.17, 15) is 25.0 Å². The Labute approximate surface area is 270 Å². The van der Waals surface area contributed by atoms with E-state index in [1.54, 1.807) is 6.07 Å². The Balaban J connectivity index is 0.000000247. The monoisotopic (exact) mass is 647 g/mol. The molecule has 2 aromatic carbocycles. The van der Waals surface area contributed by atoms with Gasteiger partial charge in [0.05, 0.1) is 42.3 Å². The smallest absolute Gasteiger partial charge is 0.407 e. The summed E-state index contributed by atoms with van der Waals surface area (Å²) < 4.78 is 21.0. The average Bonchev–Trinajstić information content (AvgIpc) is 2.99. The predicted molar refractivity (Wildman–Crippen MR) is 174 cm³/mol. The van der Waals surface area contributed by atoms with Gasteiger partial charge in [0.25, 0.3) is 11.4 Å². The molecule has 0 bridgehead atoms. The summed E-state index contributed by atoms with van der Waals surface area (Å²) in [6.07, 6.45) is 8.71. The fourth-order valence-corrected chi connectivity index (χ4v) is 5.07. The number of aromatic hydroxyl groups is 1. The minimum Gasteiger partial charge on any atom is -0.504 e. The van der Waals surface area contributed by atoms with Crippen LogP contribution in [0.15, 0.2) is 36.4 Å². The molecule has 0 heterocycles. The van der Waals surface area contributed by atoms with E-state index >= 15 is 0 Å². The van der Waals surface area contributed by atoms with Gasteiger partial charge in [0.1, 0.15) is 5.60 Å². The summed E-state index contributed by atoms with van der Waals surface area (Å²) in [7, 11) is 2.91. The summed E-state index contributed by atoms with van der Waals surface area (Å²) in [6, 6.07) is 8.41. The van der Waals surface area contributed by atoms with E-state index in [0.717, 1.165) is 56.4 Å². The molecule has 2 aliphatic carbocycles. The van der Waals surface area contributed by atoms with Crippen LogP contribution in [-0.4, -0.2) is 53.0 Å².